The van der Waals surface area contributed by atoms with Gasteiger partial charge in [0.05, 0.1) is 0 Å². The van der Waals surface area contributed by atoms with Crippen molar-refractivity contribution < 1.29 is 4.74 Å². The molecular formula is C18H20O. The molecule has 0 saturated carbocycles. The van der Waals surface area contributed by atoms with Crippen LogP contribution in [-0.2, 0) is 6.61 Å². The molecule has 0 spiro atoms. The van der Waals surface area contributed by atoms with Gasteiger partial charge >= 0.3 is 0 Å². The Morgan fingerprint density at radius 2 is 1.89 bits per heavy atom. The van der Waals surface area contributed by atoms with E-state index in [1.54, 1.807) is 0 Å². The zero-order valence-corrected chi connectivity index (χ0v) is 11.6. The van der Waals surface area contributed by atoms with Crippen LogP contribution in [0.25, 0.3) is 5.57 Å². The van der Waals surface area contributed by atoms with Crippen LogP contribution in [0.3, 0.4) is 0 Å². The molecule has 0 heterocycles. The number of rotatable bonds is 5. The molecule has 0 atom stereocenters. The topological polar surface area (TPSA) is 9.23 Å². The van der Waals surface area contributed by atoms with E-state index < -0.39 is 0 Å². The predicted molar refractivity (Wildman–Crippen MR) is 81.3 cm³/mol. The third-order valence-electron chi connectivity index (χ3n) is 3.17. The van der Waals surface area contributed by atoms with Crippen LogP contribution in [0.2, 0.25) is 0 Å². The van der Waals surface area contributed by atoms with E-state index in [0.29, 0.717) is 6.61 Å². The summed E-state index contributed by atoms with van der Waals surface area (Å²) in [6.07, 6.45) is 0.935. The molecule has 2 aromatic rings. The Hall–Kier alpha value is -2.02. The summed E-state index contributed by atoms with van der Waals surface area (Å²) < 4.78 is 5.94. The average Bonchev–Trinajstić information content (AvgIpc) is 2.45. The number of benzene rings is 2. The monoisotopic (exact) mass is 252 g/mol. The Labute approximate surface area is 115 Å². The van der Waals surface area contributed by atoms with Gasteiger partial charge in [0.15, 0.2) is 0 Å². The number of allylic oxidation sites excluding steroid dienone is 1. The van der Waals surface area contributed by atoms with Crippen molar-refractivity contribution in [1.29, 1.82) is 0 Å². The summed E-state index contributed by atoms with van der Waals surface area (Å²) in [6, 6.07) is 16.5. The van der Waals surface area contributed by atoms with Gasteiger partial charge in [0.1, 0.15) is 12.4 Å². The molecule has 2 rings (SSSR count). The van der Waals surface area contributed by atoms with Crippen molar-refractivity contribution in [3.05, 3.63) is 71.8 Å². The average molecular weight is 252 g/mol. The van der Waals surface area contributed by atoms with Crippen LogP contribution in [0.5, 0.6) is 5.75 Å². The van der Waals surface area contributed by atoms with Crippen molar-refractivity contribution in [3.63, 3.8) is 0 Å². The van der Waals surface area contributed by atoms with Gasteiger partial charge < -0.3 is 4.74 Å². The zero-order valence-electron chi connectivity index (χ0n) is 11.6. The van der Waals surface area contributed by atoms with Crippen LogP contribution in [-0.4, -0.2) is 0 Å². The van der Waals surface area contributed by atoms with E-state index >= 15 is 0 Å². The highest BCUT2D eigenvalue weighted by Crippen LogP contribution is 2.27. The molecular weight excluding hydrogens is 232 g/mol. The second-order valence-corrected chi connectivity index (χ2v) is 4.73. The minimum absolute atomic E-state index is 0.593. The van der Waals surface area contributed by atoms with Crippen molar-refractivity contribution in [1.82, 2.24) is 0 Å². The Balaban J connectivity index is 2.13. The number of ether oxygens (including phenoxy) is 1. The first-order valence-corrected chi connectivity index (χ1v) is 6.66. The Morgan fingerprint density at radius 3 is 2.63 bits per heavy atom. The third kappa shape index (κ3) is 3.47. The molecule has 0 bridgehead atoms. The number of para-hydroxylation sites is 1. The van der Waals surface area contributed by atoms with Gasteiger partial charge in [0, 0.05) is 5.56 Å². The maximum atomic E-state index is 5.94. The molecule has 1 nitrogen and oxygen atoms in total. The highest BCUT2D eigenvalue weighted by molar-refractivity contribution is 5.68. The third-order valence-corrected chi connectivity index (χ3v) is 3.17. The number of hydrogen-bond donors (Lipinski definition) is 0. The Morgan fingerprint density at radius 1 is 1.11 bits per heavy atom. The van der Waals surface area contributed by atoms with E-state index in [9.17, 15) is 0 Å². The minimum atomic E-state index is 0.593. The van der Waals surface area contributed by atoms with E-state index in [4.69, 9.17) is 4.74 Å². The SMILES string of the molecule is C=C(CC)c1ccccc1OCc1cccc(C)c1. The first-order valence-electron chi connectivity index (χ1n) is 6.66. The summed E-state index contributed by atoms with van der Waals surface area (Å²) in [6.45, 7) is 8.89. The normalized spacial score (nSPS) is 10.2. The molecule has 0 aliphatic rings. The molecule has 0 saturated heterocycles. The summed E-state index contributed by atoms with van der Waals surface area (Å²) in [4.78, 5) is 0. The molecule has 0 aromatic heterocycles. The molecule has 0 amide bonds. The predicted octanol–water partition coefficient (Wildman–Crippen LogP) is 5.00. The lowest BCUT2D eigenvalue weighted by Gasteiger charge is -2.12. The molecule has 2 aromatic carbocycles. The molecule has 0 unspecified atom stereocenters. The lowest BCUT2D eigenvalue weighted by Crippen LogP contribution is -1.98. The molecule has 98 valence electrons. The molecule has 0 radical (unpaired) electrons. The molecule has 0 aliphatic heterocycles. The van der Waals surface area contributed by atoms with Crippen LogP contribution in [0, 0.1) is 6.92 Å². The van der Waals surface area contributed by atoms with Gasteiger partial charge in [-0.2, -0.15) is 0 Å². The minimum Gasteiger partial charge on any atom is -0.488 e. The van der Waals surface area contributed by atoms with Gasteiger partial charge in [-0.15, -0.1) is 0 Å². The second-order valence-electron chi connectivity index (χ2n) is 4.73. The highest BCUT2D eigenvalue weighted by Gasteiger charge is 2.05. The van der Waals surface area contributed by atoms with Gasteiger partial charge in [0.2, 0.25) is 0 Å². The lowest BCUT2D eigenvalue weighted by molar-refractivity contribution is 0.305. The van der Waals surface area contributed by atoms with Gasteiger partial charge in [0.25, 0.3) is 0 Å². The Kier molecular flexibility index (Phi) is 4.40. The van der Waals surface area contributed by atoms with Gasteiger partial charge in [-0.05, 0) is 30.5 Å². The maximum Gasteiger partial charge on any atom is 0.127 e. The summed E-state index contributed by atoms with van der Waals surface area (Å²) in [5, 5.41) is 0. The van der Waals surface area contributed by atoms with Crippen LogP contribution < -0.4 is 4.74 Å². The van der Waals surface area contributed by atoms with Crippen molar-refractivity contribution in [2.24, 2.45) is 0 Å². The highest BCUT2D eigenvalue weighted by atomic mass is 16.5. The number of aryl methyl sites for hydroxylation is 1. The molecule has 0 aliphatic carbocycles. The van der Waals surface area contributed by atoms with Crippen molar-refractivity contribution >= 4 is 5.57 Å². The molecule has 0 N–H and O–H groups in total. The van der Waals surface area contributed by atoms with Crippen LogP contribution in [0.1, 0.15) is 30.0 Å². The fraction of sp³-hybridized carbons (Fsp3) is 0.222. The van der Waals surface area contributed by atoms with Gasteiger partial charge in [-0.1, -0.05) is 61.5 Å². The molecule has 0 fully saturated rings. The summed E-state index contributed by atoms with van der Waals surface area (Å²) in [5.41, 5.74) is 4.67. The largest absolute Gasteiger partial charge is 0.488 e. The van der Waals surface area contributed by atoms with E-state index in [1.165, 1.54) is 11.1 Å². The van der Waals surface area contributed by atoms with E-state index in [-0.39, 0.29) is 0 Å². The standard InChI is InChI=1S/C18H20O/c1-4-15(3)17-10-5-6-11-18(17)19-13-16-9-7-8-14(2)12-16/h5-12H,3-4,13H2,1-2H3. The first kappa shape index (κ1) is 13.4. The van der Waals surface area contributed by atoms with Crippen molar-refractivity contribution in [2.45, 2.75) is 26.9 Å². The van der Waals surface area contributed by atoms with E-state index in [0.717, 1.165) is 23.3 Å². The smallest absolute Gasteiger partial charge is 0.127 e. The van der Waals surface area contributed by atoms with Crippen LogP contribution in [0.4, 0.5) is 0 Å². The van der Waals surface area contributed by atoms with Crippen molar-refractivity contribution in [3.8, 4) is 5.75 Å². The first-order chi connectivity index (χ1) is 9.20. The summed E-state index contributed by atoms with van der Waals surface area (Å²) >= 11 is 0. The Bertz CT molecular complexity index is 569. The van der Waals surface area contributed by atoms with Crippen molar-refractivity contribution in [2.75, 3.05) is 0 Å². The molecule has 19 heavy (non-hydrogen) atoms. The van der Waals surface area contributed by atoms with E-state index in [1.807, 2.05) is 18.2 Å². The summed E-state index contributed by atoms with van der Waals surface area (Å²) in [5.74, 6) is 0.913. The van der Waals surface area contributed by atoms with E-state index in [2.05, 4.69) is 50.8 Å². The fourth-order valence-corrected chi connectivity index (χ4v) is 2.04. The number of hydrogen-bond acceptors (Lipinski definition) is 1. The quantitative estimate of drug-likeness (QED) is 0.727. The zero-order chi connectivity index (χ0) is 13.7. The summed E-state index contributed by atoms with van der Waals surface area (Å²) in [7, 11) is 0. The molecule has 1 heteroatoms. The van der Waals surface area contributed by atoms with Gasteiger partial charge in [-0.3, -0.25) is 0 Å². The fourth-order valence-electron chi connectivity index (χ4n) is 2.04. The van der Waals surface area contributed by atoms with Crippen LogP contribution in [0.15, 0.2) is 55.1 Å². The van der Waals surface area contributed by atoms with Crippen LogP contribution >= 0.6 is 0 Å². The maximum absolute atomic E-state index is 5.94. The lowest BCUT2D eigenvalue weighted by atomic mass is 10.0. The van der Waals surface area contributed by atoms with Gasteiger partial charge in [-0.25, -0.2) is 0 Å². The second kappa shape index (κ2) is 6.24.